The van der Waals surface area contributed by atoms with E-state index in [0.29, 0.717) is 0 Å². The molecule has 2 aliphatic carbocycles. The Balaban J connectivity index is 1.83. The quantitative estimate of drug-likeness (QED) is 0.327. The number of carbonyl (C=O) groups is 5. The van der Waals surface area contributed by atoms with Crippen LogP contribution in [0.5, 0.6) is 0 Å². The third-order valence-electron chi connectivity index (χ3n) is 9.68. The van der Waals surface area contributed by atoms with Gasteiger partial charge in [-0.3, -0.25) is 14.4 Å². The van der Waals surface area contributed by atoms with Gasteiger partial charge in [-0.05, 0) is 57.9 Å². The third-order valence-corrected chi connectivity index (χ3v) is 9.68. The molecule has 4 unspecified atom stereocenters. The van der Waals surface area contributed by atoms with Crippen LogP contribution in [0.15, 0.2) is 60.7 Å². The highest BCUT2D eigenvalue weighted by Gasteiger charge is 2.87. The van der Waals surface area contributed by atoms with Crippen LogP contribution in [0.3, 0.4) is 0 Å². The number of hydrogen-bond donors (Lipinski definition) is 1. The predicted molar refractivity (Wildman–Crippen MR) is 163 cm³/mol. The lowest BCUT2D eigenvalue weighted by molar-refractivity contribution is -0.347. The normalized spacial score (nSPS) is 33.5. The highest BCUT2D eigenvalue weighted by molar-refractivity contribution is 5.90. The molecule has 47 heavy (non-hydrogen) atoms. The SMILES string of the molecule is CC(=O)OC[C@@]12C(OC(=O)c3ccccc3)CC[C@](C)(O)[C@]13OC(C)(C)[C@H](C(OC(C)=O)C2OC(=O)c1ccccc1)C3OC(C)=O. The van der Waals surface area contributed by atoms with E-state index < -0.39 is 89.0 Å². The molecular formula is C35H40O12. The van der Waals surface area contributed by atoms with Crippen LogP contribution in [-0.4, -0.2) is 82.8 Å². The monoisotopic (exact) mass is 652 g/mol. The van der Waals surface area contributed by atoms with Gasteiger partial charge in [-0.25, -0.2) is 9.59 Å². The van der Waals surface area contributed by atoms with Crippen LogP contribution in [0.1, 0.15) is 75.1 Å². The molecule has 2 bridgehead atoms. The van der Waals surface area contributed by atoms with Crippen LogP contribution in [0.2, 0.25) is 0 Å². The van der Waals surface area contributed by atoms with Crippen molar-refractivity contribution < 1.29 is 57.5 Å². The van der Waals surface area contributed by atoms with Crippen molar-refractivity contribution >= 4 is 29.8 Å². The first-order chi connectivity index (χ1) is 22.1. The molecule has 3 aliphatic rings. The summed E-state index contributed by atoms with van der Waals surface area (Å²) in [5.74, 6) is -4.82. The Morgan fingerprint density at radius 3 is 1.79 bits per heavy atom. The van der Waals surface area contributed by atoms with Gasteiger partial charge in [-0.15, -0.1) is 0 Å². The average molecular weight is 653 g/mol. The molecule has 2 aromatic rings. The van der Waals surface area contributed by atoms with Crippen LogP contribution in [-0.2, 0) is 42.8 Å². The summed E-state index contributed by atoms with van der Waals surface area (Å²) in [6, 6.07) is 16.2. The lowest BCUT2D eigenvalue weighted by Crippen LogP contribution is -2.83. The van der Waals surface area contributed by atoms with E-state index in [-0.39, 0.29) is 24.0 Å². The van der Waals surface area contributed by atoms with Crippen molar-refractivity contribution in [1.82, 2.24) is 0 Å². The van der Waals surface area contributed by atoms with Gasteiger partial charge in [0.1, 0.15) is 30.3 Å². The first-order valence-electron chi connectivity index (χ1n) is 15.5. The van der Waals surface area contributed by atoms with Gasteiger partial charge in [0.15, 0.2) is 11.7 Å². The summed E-state index contributed by atoms with van der Waals surface area (Å²) in [5, 5.41) is 12.5. The number of carbonyl (C=O) groups excluding carboxylic acids is 5. The van der Waals surface area contributed by atoms with Crippen molar-refractivity contribution in [2.24, 2.45) is 11.3 Å². The largest absolute Gasteiger partial charge is 0.465 e. The maximum absolute atomic E-state index is 13.9. The smallest absolute Gasteiger partial charge is 0.338 e. The van der Waals surface area contributed by atoms with E-state index >= 15 is 0 Å². The molecule has 0 radical (unpaired) electrons. The molecule has 3 fully saturated rings. The minimum Gasteiger partial charge on any atom is -0.465 e. The van der Waals surface area contributed by atoms with Crippen molar-refractivity contribution in [2.45, 2.75) is 95.6 Å². The molecule has 12 heteroatoms. The molecule has 12 nitrogen and oxygen atoms in total. The number of aliphatic hydroxyl groups is 1. The Morgan fingerprint density at radius 2 is 1.28 bits per heavy atom. The zero-order chi connectivity index (χ0) is 34.4. The van der Waals surface area contributed by atoms with Crippen molar-refractivity contribution in [3.63, 3.8) is 0 Å². The molecule has 2 aromatic carbocycles. The van der Waals surface area contributed by atoms with Gasteiger partial charge < -0.3 is 33.5 Å². The predicted octanol–water partition coefficient (Wildman–Crippen LogP) is 3.57. The Labute approximate surface area is 272 Å². The fourth-order valence-corrected chi connectivity index (χ4v) is 8.01. The summed E-state index contributed by atoms with van der Waals surface area (Å²) in [7, 11) is 0. The fourth-order valence-electron chi connectivity index (χ4n) is 8.01. The third kappa shape index (κ3) is 5.67. The second-order valence-corrected chi connectivity index (χ2v) is 13.2. The summed E-state index contributed by atoms with van der Waals surface area (Å²) in [6.45, 7) is 7.71. The highest BCUT2D eigenvalue weighted by Crippen LogP contribution is 2.69. The number of rotatable bonds is 8. The highest BCUT2D eigenvalue weighted by atomic mass is 16.6. The summed E-state index contributed by atoms with van der Waals surface area (Å²) >= 11 is 0. The van der Waals surface area contributed by atoms with Crippen LogP contribution in [0.4, 0.5) is 0 Å². The van der Waals surface area contributed by atoms with Crippen molar-refractivity contribution in [3.8, 4) is 0 Å². The maximum atomic E-state index is 13.9. The minimum atomic E-state index is -2.03. The Kier molecular flexibility index (Phi) is 8.97. The van der Waals surface area contributed by atoms with Gasteiger partial charge in [-0.1, -0.05) is 36.4 Å². The van der Waals surface area contributed by atoms with Crippen molar-refractivity contribution in [2.75, 3.05) is 6.61 Å². The summed E-state index contributed by atoms with van der Waals surface area (Å²) in [6.07, 6.45) is -5.65. The first-order valence-corrected chi connectivity index (χ1v) is 15.5. The van der Waals surface area contributed by atoms with Gasteiger partial charge in [0.05, 0.1) is 28.2 Å². The molecule has 1 N–H and O–H groups in total. The van der Waals surface area contributed by atoms with E-state index in [9.17, 15) is 29.1 Å². The molecule has 1 aliphatic heterocycles. The Morgan fingerprint density at radius 1 is 0.745 bits per heavy atom. The van der Waals surface area contributed by atoms with Gasteiger partial charge in [0.2, 0.25) is 0 Å². The van der Waals surface area contributed by atoms with Crippen LogP contribution < -0.4 is 0 Å². The summed E-state index contributed by atoms with van der Waals surface area (Å²) in [4.78, 5) is 65.8. The zero-order valence-electron chi connectivity index (χ0n) is 27.2. The molecule has 5 rings (SSSR count). The Bertz CT molecular complexity index is 1540. The Hall–Kier alpha value is -4.29. The minimum absolute atomic E-state index is 0.0258. The molecule has 0 aromatic heterocycles. The second kappa shape index (κ2) is 12.4. The van der Waals surface area contributed by atoms with E-state index in [1.165, 1.54) is 39.8 Å². The fraction of sp³-hybridized carbons (Fsp3) is 0.514. The average Bonchev–Trinajstić information content (AvgIpc) is 3.20. The standard InChI is InChI=1S/C35H40O12/c1-20(36)42-19-34-25(45-30(39)23-13-9-7-10-14-23)17-18-33(6,41)35(34)28(44-22(3)38)26(32(4,5)47-35)27(43-21(2)37)29(34)46-31(40)24-15-11-8-12-16-24/h7-16,25-29,41H,17-19H2,1-6H3/t25?,26-,27?,28?,29?,33+,34+,35+/m1/s1. The molecular weight excluding hydrogens is 612 g/mol. The van der Waals surface area contributed by atoms with E-state index in [1.54, 1.807) is 62.4 Å². The number of ether oxygens (including phenoxy) is 6. The molecule has 0 amide bonds. The van der Waals surface area contributed by atoms with Crippen LogP contribution >= 0.6 is 0 Å². The van der Waals surface area contributed by atoms with Gasteiger partial charge in [-0.2, -0.15) is 0 Å². The molecule has 8 atom stereocenters. The molecule has 252 valence electrons. The topological polar surface area (TPSA) is 161 Å². The molecule has 1 heterocycles. The number of hydrogen-bond acceptors (Lipinski definition) is 12. The molecule has 1 saturated heterocycles. The number of fused-ring (bicyclic) bond motifs is 1. The van der Waals surface area contributed by atoms with E-state index in [4.69, 9.17) is 28.4 Å². The van der Waals surface area contributed by atoms with Gasteiger partial charge >= 0.3 is 29.8 Å². The summed E-state index contributed by atoms with van der Waals surface area (Å²) < 4.78 is 37.0. The van der Waals surface area contributed by atoms with E-state index in [2.05, 4.69) is 0 Å². The lowest BCUT2D eigenvalue weighted by atomic mass is 9.46. The second-order valence-electron chi connectivity index (χ2n) is 13.2. The molecule has 1 spiro atoms. The maximum Gasteiger partial charge on any atom is 0.338 e. The summed E-state index contributed by atoms with van der Waals surface area (Å²) in [5.41, 5.74) is -6.86. The van der Waals surface area contributed by atoms with Crippen LogP contribution in [0, 0.1) is 11.3 Å². The van der Waals surface area contributed by atoms with Gasteiger partial charge in [0.25, 0.3) is 0 Å². The van der Waals surface area contributed by atoms with Crippen LogP contribution in [0.25, 0.3) is 0 Å². The van der Waals surface area contributed by atoms with Crippen molar-refractivity contribution in [1.29, 1.82) is 0 Å². The molecule has 2 saturated carbocycles. The lowest BCUT2D eigenvalue weighted by Gasteiger charge is -2.65. The van der Waals surface area contributed by atoms with E-state index in [0.717, 1.165) is 0 Å². The van der Waals surface area contributed by atoms with Crippen molar-refractivity contribution in [3.05, 3.63) is 71.8 Å². The van der Waals surface area contributed by atoms with Gasteiger partial charge in [0, 0.05) is 20.8 Å². The number of benzene rings is 2. The zero-order valence-corrected chi connectivity index (χ0v) is 27.2. The number of esters is 5. The first kappa shape index (κ1) is 34.1. The van der Waals surface area contributed by atoms with E-state index in [1.807, 2.05) is 0 Å².